The van der Waals surface area contributed by atoms with E-state index in [0.29, 0.717) is 13.0 Å². The number of hydrogen-bond donors (Lipinski definition) is 1. The molecule has 4 heteroatoms. The summed E-state index contributed by atoms with van der Waals surface area (Å²) in [6.07, 6.45) is -3.58. The lowest BCUT2D eigenvalue weighted by Crippen LogP contribution is -2.07. The van der Waals surface area contributed by atoms with E-state index in [1.165, 1.54) is 17.7 Å². The normalized spacial score (nSPS) is 11.4. The van der Waals surface area contributed by atoms with E-state index in [2.05, 4.69) is 5.32 Å². The molecule has 0 aliphatic rings. The molecule has 1 nitrogen and oxygen atoms in total. The Bertz CT molecular complexity index is 541. The first kappa shape index (κ1) is 14.4. The van der Waals surface area contributed by atoms with Gasteiger partial charge in [0.2, 0.25) is 0 Å². The van der Waals surface area contributed by atoms with Crippen LogP contribution in [0.1, 0.15) is 16.7 Å². The van der Waals surface area contributed by atoms with Gasteiger partial charge in [-0.25, -0.2) is 0 Å². The molecule has 0 saturated heterocycles. The minimum atomic E-state index is -4.27. The van der Waals surface area contributed by atoms with Crippen LogP contribution in [0.3, 0.4) is 0 Å². The first-order valence-electron chi connectivity index (χ1n) is 6.42. The summed E-state index contributed by atoms with van der Waals surface area (Å²) in [5.74, 6) is 0. The van der Waals surface area contributed by atoms with Gasteiger partial charge >= 0.3 is 6.18 Å². The molecule has 2 rings (SSSR count). The van der Waals surface area contributed by atoms with Crippen LogP contribution in [0.15, 0.2) is 48.5 Å². The predicted molar refractivity (Wildman–Crippen MR) is 74.8 cm³/mol. The van der Waals surface area contributed by atoms with Crippen molar-refractivity contribution in [2.24, 2.45) is 0 Å². The van der Waals surface area contributed by atoms with E-state index in [0.717, 1.165) is 23.4 Å². The van der Waals surface area contributed by atoms with Gasteiger partial charge in [0.25, 0.3) is 0 Å². The molecule has 0 radical (unpaired) electrons. The minimum Gasteiger partial charge on any atom is -0.385 e. The van der Waals surface area contributed by atoms with Gasteiger partial charge in [-0.15, -0.1) is 0 Å². The number of hydrogen-bond acceptors (Lipinski definition) is 1. The number of rotatable bonds is 4. The highest BCUT2D eigenvalue weighted by Gasteiger charge is 2.29. The fourth-order valence-electron chi connectivity index (χ4n) is 1.88. The van der Waals surface area contributed by atoms with Crippen molar-refractivity contribution in [3.63, 3.8) is 0 Å². The van der Waals surface area contributed by atoms with Gasteiger partial charge in [0.05, 0.1) is 5.56 Å². The van der Waals surface area contributed by atoms with Crippen LogP contribution in [0.5, 0.6) is 0 Å². The van der Waals surface area contributed by atoms with Crippen molar-refractivity contribution in [3.8, 4) is 0 Å². The van der Waals surface area contributed by atoms with Gasteiger partial charge < -0.3 is 5.32 Å². The summed E-state index contributed by atoms with van der Waals surface area (Å²) < 4.78 is 37.2. The number of alkyl halides is 3. The van der Waals surface area contributed by atoms with E-state index in [1.54, 1.807) is 0 Å². The molecule has 0 amide bonds. The molecule has 0 aliphatic carbocycles. The third kappa shape index (κ3) is 4.02. The molecule has 0 spiro atoms. The maximum Gasteiger partial charge on any atom is 0.416 e. The second-order valence-electron chi connectivity index (χ2n) is 4.74. The zero-order chi connectivity index (χ0) is 14.6. The van der Waals surface area contributed by atoms with Crippen LogP contribution in [-0.4, -0.2) is 6.54 Å². The highest BCUT2D eigenvalue weighted by Crippen LogP contribution is 2.29. The zero-order valence-corrected chi connectivity index (χ0v) is 11.2. The largest absolute Gasteiger partial charge is 0.416 e. The number of benzene rings is 2. The molecule has 0 heterocycles. The van der Waals surface area contributed by atoms with Crippen molar-refractivity contribution in [1.29, 1.82) is 0 Å². The smallest absolute Gasteiger partial charge is 0.385 e. The van der Waals surface area contributed by atoms with Gasteiger partial charge in [0, 0.05) is 12.2 Å². The maximum atomic E-state index is 12.4. The molecule has 0 aromatic heterocycles. The Hall–Kier alpha value is -1.97. The van der Waals surface area contributed by atoms with Crippen molar-refractivity contribution in [2.45, 2.75) is 19.5 Å². The molecular formula is C16H16F3N. The average Bonchev–Trinajstić information content (AvgIpc) is 2.41. The van der Waals surface area contributed by atoms with Gasteiger partial charge in [0.1, 0.15) is 0 Å². The summed E-state index contributed by atoms with van der Waals surface area (Å²) in [7, 11) is 0. The summed E-state index contributed by atoms with van der Waals surface area (Å²) in [5.41, 5.74) is 2.49. The molecule has 2 aromatic carbocycles. The van der Waals surface area contributed by atoms with Gasteiger partial charge in [-0.05, 0) is 43.2 Å². The lowest BCUT2D eigenvalue weighted by molar-refractivity contribution is -0.137. The fraction of sp³-hybridized carbons (Fsp3) is 0.250. The van der Waals surface area contributed by atoms with Crippen molar-refractivity contribution in [1.82, 2.24) is 0 Å². The minimum absolute atomic E-state index is 0.604. The van der Waals surface area contributed by atoms with Crippen LogP contribution in [0.4, 0.5) is 18.9 Å². The standard InChI is InChI=1S/C16H16F3N/c1-12-2-8-15(9-3-12)20-11-10-13-4-6-14(7-5-13)16(17,18)19/h2-9,20H,10-11H2,1H3. The summed E-state index contributed by atoms with van der Waals surface area (Å²) in [6.45, 7) is 2.71. The van der Waals surface area contributed by atoms with E-state index in [-0.39, 0.29) is 0 Å². The Morgan fingerprint density at radius 2 is 1.50 bits per heavy atom. The van der Waals surface area contributed by atoms with E-state index in [9.17, 15) is 13.2 Å². The lowest BCUT2D eigenvalue weighted by Gasteiger charge is -2.09. The second-order valence-corrected chi connectivity index (χ2v) is 4.74. The quantitative estimate of drug-likeness (QED) is 0.857. The molecular weight excluding hydrogens is 263 g/mol. The monoisotopic (exact) mass is 279 g/mol. The maximum absolute atomic E-state index is 12.4. The van der Waals surface area contributed by atoms with Crippen molar-refractivity contribution < 1.29 is 13.2 Å². The third-order valence-corrected chi connectivity index (χ3v) is 3.08. The molecule has 1 N–H and O–H groups in total. The summed E-state index contributed by atoms with van der Waals surface area (Å²) in [4.78, 5) is 0. The number of anilines is 1. The Morgan fingerprint density at radius 1 is 0.900 bits per heavy atom. The number of aryl methyl sites for hydroxylation is 1. The van der Waals surface area contributed by atoms with Crippen molar-refractivity contribution >= 4 is 5.69 Å². The molecule has 0 unspecified atom stereocenters. The number of halogens is 3. The molecule has 106 valence electrons. The molecule has 0 atom stereocenters. The van der Waals surface area contributed by atoms with Crippen molar-refractivity contribution in [3.05, 3.63) is 65.2 Å². The Labute approximate surface area is 116 Å². The SMILES string of the molecule is Cc1ccc(NCCc2ccc(C(F)(F)F)cc2)cc1. The fourth-order valence-corrected chi connectivity index (χ4v) is 1.88. The van der Waals surface area contributed by atoms with Crippen LogP contribution >= 0.6 is 0 Å². The predicted octanol–water partition coefficient (Wildman–Crippen LogP) is 4.67. The van der Waals surface area contributed by atoms with Gasteiger partial charge in [0.15, 0.2) is 0 Å². The first-order valence-corrected chi connectivity index (χ1v) is 6.42. The molecule has 2 aromatic rings. The summed E-state index contributed by atoms with van der Waals surface area (Å²) in [5, 5.41) is 3.24. The van der Waals surface area contributed by atoms with Crippen LogP contribution in [0.2, 0.25) is 0 Å². The molecule has 0 fully saturated rings. The van der Waals surface area contributed by atoms with Crippen molar-refractivity contribution in [2.75, 3.05) is 11.9 Å². The van der Waals surface area contributed by atoms with Crippen LogP contribution in [-0.2, 0) is 12.6 Å². The average molecular weight is 279 g/mol. The Kier molecular flexibility index (Phi) is 4.32. The third-order valence-electron chi connectivity index (χ3n) is 3.08. The van der Waals surface area contributed by atoms with Gasteiger partial charge in [-0.2, -0.15) is 13.2 Å². The first-order chi connectivity index (χ1) is 9.45. The van der Waals surface area contributed by atoms with Crippen LogP contribution in [0.25, 0.3) is 0 Å². The van der Waals surface area contributed by atoms with Crippen LogP contribution in [0, 0.1) is 6.92 Å². The van der Waals surface area contributed by atoms with Gasteiger partial charge in [-0.1, -0.05) is 29.8 Å². The molecule has 0 bridgehead atoms. The van der Waals surface area contributed by atoms with E-state index < -0.39 is 11.7 Å². The number of nitrogens with one attached hydrogen (secondary N) is 1. The van der Waals surface area contributed by atoms with Crippen LogP contribution < -0.4 is 5.32 Å². The van der Waals surface area contributed by atoms with E-state index >= 15 is 0 Å². The molecule has 0 aliphatic heterocycles. The van der Waals surface area contributed by atoms with E-state index in [1.807, 2.05) is 31.2 Å². The highest BCUT2D eigenvalue weighted by molar-refractivity contribution is 5.44. The molecule has 20 heavy (non-hydrogen) atoms. The zero-order valence-electron chi connectivity index (χ0n) is 11.2. The highest BCUT2D eigenvalue weighted by atomic mass is 19.4. The summed E-state index contributed by atoms with van der Waals surface area (Å²) in [6, 6.07) is 13.3. The lowest BCUT2D eigenvalue weighted by atomic mass is 10.1. The summed E-state index contributed by atoms with van der Waals surface area (Å²) >= 11 is 0. The topological polar surface area (TPSA) is 12.0 Å². The Morgan fingerprint density at radius 3 is 2.05 bits per heavy atom. The van der Waals surface area contributed by atoms with E-state index in [4.69, 9.17) is 0 Å². The van der Waals surface area contributed by atoms with Gasteiger partial charge in [-0.3, -0.25) is 0 Å². The molecule has 0 saturated carbocycles. The Balaban J connectivity index is 1.87. The second kappa shape index (κ2) is 5.99.